The van der Waals surface area contributed by atoms with Gasteiger partial charge in [0.15, 0.2) is 28.8 Å². The molecule has 1 N–H and O–H groups in total. The number of anilines is 1. The minimum absolute atomic E-state index is 0.122. The number of ether oxygens (including phenoxy) is 2. The van der Waals surface area contributed by atoms with Crippen molar-refractivity contribution in [3.8, 4) is 17.2 Å². The van der Waals surface area contributed by atoms with Gasteiger partial charge in [0.05, 0.1) is 31.7 Å². The zero-order valence-corrected chi connectivity index (χ0v) is 24.7. The first-order chi connectivity index (χ1) is 21.0. The van der Waals surface area contributed by atoms with Gasteiger partial charge >= 0.3 is 0 Å². The van der Waals surface area contributed by atoms with E-state index in [1.165, 1.54) is 32.1 Å². The highest BCUT2D eigenvalue weighted by Crippen LogP contribution is 2.53. The molecule has 3 aliphatic carbocycles. The van der Waals surface area contributed by atoms with Crippen molar-refractivity contribution in [2.45, 2.75) is 26.7 Å². The summed E-state index contributed by atoms with van der Waals surface area (Å²) in [6.45, 7) is 3.06. The zero-order chi connectivity index (χ0) is 31.4. The van der Waals surface area contributed by atoms with E-state index in [9.17, 15) is 29.1 Å². The quantitative estimate of drug-likeness (QED) is 0.219. The normalized spacial score (nSPS) is 24.6. The molecule has 6 rings (SSSR count). The van der Waals surface area contributed by atoms with Gasteiger partial charge in [0, 0.05) is 28.2 Å². The molecule has 4 unspecified atom stereocenters. The molecule has 4 aliphatic rings. The number of allylic oxidation sites excluding steroid dienone is 7. The summed E-state index contributed by atoms with van der Waals surface area (Å²) in [6.07, 6.45) is 7.37. The number of hydrogen-bond donors (Lipinski definition) is 1. The third-order valence-corrected chi connectivity index (χ3v) is 9.13. The molecule has 0 radical (unpaired) electrons. The Morgan fingerprint density at radius 2 is 1.64 bits per heavy atom. The Morgan fingerprint density at radius 3 is 2.25 bits per heavy atom. The lowest BCUT2D eigenvalue weighted by atomic mass is 9.60. The van der Waals surface area contributed by atoms with E-state index < -0.39 is 23.7 Å². The first kappa shape index (κ1) is 29.0. The lowest BCUT2D eigenvalue weighted by Crippen LogP contribution is -2.40. The van der Waals surface area contributed by atoms with Gasteiger partial charge in [-0.25, -0.2) is 0 Å². The number of phenolic OH excluding ortho intramolecular Hbond substituents is 1. The Balaban J connectivity index is 1.41. The first-order valence-corrected chi connectivity index (χ1v) is 14.4. The Kier molecular flexibility index (Phi) is 7.19. The third-order valence-electron chi connectivity index (χ3n) is 9.13. The summed E-state index contributed by atoms with van der Waals surface area (Å²) < 4.78 is 10.6. The standard InChI is InChI=1S/C35H31NO8/c1-17-13-27(38)26-16-25-22(23(30(26)32(17)39)10-5-19-14-28(43-3)33(40)29(15-19)44-4)11-12-24-31(25)35(42)36(34(24)41)21-8-6-20(7-9-21)18(2)37/h5-11,13-15,23-25,31,40H,12,16H2,1-4H3. The van der Waals surface area contributed by atoms with Gasteiger partial charge in [-0.1, -0.05) is 23.8 Å². The highest BCUT2D eigenvalue weighted by Gasteiger charge is 2.56. The van der Waals surface area contributed by atoms with Crippen LogP contribution in [0.15, 0.2) is 76.9 Å². The molecule has 2 aromatic carbocycles. The maximum atomic E-state index is 14.0. The van der Waals surface area contributed by atoms with E-state index in [2.05, 4.69) is 0 Å². The molecule has 9 heteroatoms. The average Bonchev–Trinajstić information content (AvgIpc) is 3.27. The number of fused-ring (bicyclic) bond motifs is 3. The SMILES string of the molecule is COc1cc(C=CC2C3=CCC4C(=O)N(c5ccc(C(C)=O)cc5)C(=O)C4C3CC3=C2C(=O)C(C)=CC3=O)cc(OC)c1O. The average molecular weight is 594 g/mol. The Hall–Kier alpha value is -5.05. The fourth-order valence-electron chi connectivity index (χ4n) is 6.96. The van der Waals surface area contributed by atoms with Gasteiger partial charge in [-0.05, 0) is 80.6 Å². The summed E-state index contributed by atoms with van der Waals surface area (Å²) in [5.74, 6) is -3.39. The molecule has 1 aliphatic heterocycles. The van der Waals surface area contributed by atoms with E-state index in [4.69, 9.17) is 9.47 Å². The topological polar surface area (TPSA) is 127 Å². The number of rotatable bonds is 6. The molecule has 9 nitrogen and oxygen atoms in total. The molecule has 0 spiro atoms. The highest BCUT2D eigenvalue weighted by molar-refractivity contribution is 6.24. The van der Waals surface area contributed by atoms with Crippen LogP contribution in [0.4, 0.5) is 5.69 Å². The number of benzene rings is 2. The van der Waals surface area contributed by atoms with Crippen LogP contribution in [0.3, 0.4) is 0 Å². The molecular formula is C35H31NO8. The molecular weight excluding hydrogens is 562 g/mol. The van der Waals surface area contributed by atoms with Crippen molar-refractivity contribution in [1.29, 1.82) is 0 Å². The highest BCUT2D eigenvalue weighted by atomic mass is 16.5. The number of phenols is 1. The van der Waals surface area contributed by atoms with Gasteiger partial charge in [-0.15, -0.1) is 0 Å². The van der Waals surface area contributed by atoms with Gasteiger partial charge in [0.1, 0.15) is 0 Å². The summed E-state index contributed by atoms with van der Waals surface area (Å²) in [5.41, 5.74) is 3.42. The van der Waals surface area contributed by atoms with Gasteiger partial charge in [-0.3, -0.25) is 28.9 Å². The van der Waals surface area contributed by atoms with E-state index in [0.717, 1.165) is 5.57 Å². The van der Waals surface area contributed by atoms with E-state index in [-0.39, 0.29) is 52.8 Å². The Morgan fingerprint density at radius 1 is 0.977 bits per heavy atom. The van der Waals surface area contributed by atoms with Crippen LogP contribution >= 0.6 is 0 Å². The molecule has 2 amide bonds. The minimum atomic E-state index is -0.705. The number of methoxy groups -OCH3 is 2. The number of amides is 2. The number of imide groups is 1. The molecule has 224 valence electrons. The van der Waals surface area contributed by atoms with Crippen molar-refractivity contribution in [1.82, 2.24) is 0 Å². The first-order valence-electron chi connectivity index (χ1n) is 14.4. The van der Waals surface area contributed by atoms with Crippen LogP contribution in [0, 0.1) is 23.7 Å². The predicted octanol–water partition coefficient (Wildman–Crippen LogP) is 4.79. The van der Waals surface area contributed by atoms with E-state index in [0.29, 0.717) is 40.0 Å². The van der Waals surface area contributed by atoms with Crippen molar-refractivity contribution in [3.63, 3.8) is 0 Å². The molecule has 1 fully saturated rings. The number of nitrogens with zero attached hydrogens (tertiary/aromatic N) is 1. The van der Waals surface area contributed by atoms with Crippen molar-refractivity contribution in [2.24, 2.45) is 23.7 Å². The van der Waals surface area contributed by atoms with Crippen LogP contribution in [0.1, 0.15) is 42.6 Å². The van der Waals surface area contributed by atoms with Crippen molar-refractivity contribution < 1.29 is 38.6 Å². The number of Topliss-reactive ketones (excluding diaryl/α,β-unsaturated/α-hetero) is 2. The maximum Gasteiger partial charge on any atom is 0.238 e. The van der Waals surface area contributed by atoms with Gasteiger partial charge in [0.25, 0.3) is 0 Å². The second kappa shape index (κ2) is 10.9. The van der Waals surface area contributed by atoms with Crippen LogP contribution in [-0.2, 0) is 19.2 Å². The van der Waals surface area contributed by atoms with Crippen LogP contribution in [-0.4, -0.2) is 48.5 Å². The summed E-state index contributed by atoms with van der Waals surface area (Å²) in [4.78, 5) is 67.4. The summed E-state index contributed by atoms with van der Waals surface area (Å²) >= 11 is 0. The molecule has 0 bridgehead atoms. The lowest BCUT2D eigenvalue weighted by molar-refractivity contribution is -0.123. The van der Waals surface area contributed by atoms with Crippen molar-refractivity contribution in [3.05, 3.63) is 88.0 Å². The van der Waals surface area contributed by atoms with Crippen LogP contribution in [0.2, 0.25) is 0 Å². The fraction of sp³-hybridized carbons (Fsp3) is 0.286. The van der Waals surface area contributed by atoms with Crippen molar-refractivity contribution in [2.75, 3.05) is 19.1 Å². The number of carbonyl (C=O) groups excluding carboxylic acids is 5. The summed E-state index contributed by atoms with van der Waals surface area (Å²) in [5, 5.41) is 10.3. The maximum absolute atomic E-state index is 14.0. The largest absolute Gasteiger partial charge is 0.502 e. The Labute approximate surface area is 254 Å². The van der Waals surface area contributed by atoms with Crippen LogP contribution < -0.4 is 14.4 Å². The predicted molar refractivity (Wildman–Crippen MR) is 161 cm³/mol. The number of ketones is 3. The van der Waals surface area contributed by atoms with Gasteiger partial charge in [-0.2, -0.15) is 0 Å². The second-order valence-electron chi connectivity index (χ2n) is 11.5. The van der Waals surface area contributed by atoms with E-state index in [1.807, 2.05) is 12.2 Å². The Bertz CT molecular complexity index is 1750. The van der Waals surface area contributed by atoms with E-state index in [1.54, 1.807) is 49.4 Å². The monoisotopic (exact) mass is 593 g/mol. The minimum Gasteiger partial charge on any atom is -0.502 e. The number of hydrogen-bond acceptors (Lipinski definition) is 8. The molecule has 1 saturated heterocycles. The van der Waals surface area contributed by atoms with Gasteiger partial charge < -0.3 is 14.6 Å². The molecule has 0 aromatic heterocycles. The second-order valence-corrected chi connectivity index (χ2v) is 11.5. The number of aromatic hydroxyl groups is 1. The smallest absolute Gasteiger partial charge is 0.238 e. The van der Waals surface area contributed by atoms with Crippen LogP contribution in [0.25, 0.3) is 6.08 Å². The molecule has 4 atom stereocenters. The van der Waals surface area contributed by atoms with Gasteiger partial charge in [0.2, 0.25) is 17.6 Å². The molecule has 44 heavy (non-hydrogen) atoms. The lowest BCUT2D eigenvalue weighted by Gasteiger charge is -2.41. The van der Waals surface area contributed by atoms with E-state index >= 15 is 0 Å². The fourth-order valence-corrected chi connectivity index (χ4v) is 6.96. The number of carbonyl (C=O) groups is 5. The third kappa shape index (κ3) is 4.51. The molecule has 2 aromatic rings. The molecule has 1 heterocycles. The summed E-state index contributed by atoms with van der Waals surface area (Å²) in [6, 6.07) is 9.64. The van der Waals surface area contributed by atoms with Crippen LogP contribution in [0.5, 0.6) is 17.2 Å². The summed E-state index contributed by atoms with van der Waals surface area (Å²) in [7, 11) is 2.85. The van der Waals surface area contributed by atoms with Crippen molar-refractivity contribution >= 4 is 40.9 Å². The zero-order valence-electron chi connectivity index (χ0n) is 24.7. The molecule has 0 saturated carbocycles.